The lowest BCUT2D eigenvalue weighted by Crippen LogP contribution is -2.31. The highest BCUT2D eigenvalue weighted by atomic mass is 14.9. The monoisotopic (exact) mass is 1290 g/mol. The number of benzene rings is 12. The Bertz CT molecular complexity index is 6310. The Hall–Kier alpha value is -11.7. The van der Waals surface area contributed by atoms with E-state index in [-0.39, 0.29) is 0 Å². The highest BCUT2D eigenvalue weighted by Crippen LogP contribution is 2.55. The normalized spacial score (nSPS) is 12.4. The standard InChI is InChI=1S/C25H22N.2C24H20N.C23H18N/c1-15-13-22(26(4)14-17(15)3)23-16(2)12-18-8-7-11-20-19-9-5-6-10-21(19)25(23)24(18)20;1-15-11-12-23(25(3)14-15)21-13-22-19-8-5-4-7-18(19)20-10-6-9-17(16(21)2)24(20)22;1-15-11-12-25(3)23(13-15)21-14-22-19-8-5-4-7-18(19)20-10-6-9-17(16(21)2)24(20)22;1-15-16-10-7-11-19-17-8-3-4-9-18(17)21(23(16)19)14-20(15)22-12-5-6-13-24(22)2/h5-14H,1-4H3;2*4-14H,1-3H3;3-14H,1-2H3/q4*+1/i3D3;;;. The van der Waals surface area contributed by atoms with E-state index in [2.05, 4.69) is 332 Å². The first-order chi connectivity index (χ1) is 49.8. The molecule has 0 spiro atoms. The molecular weight excluding hydrogens is 1210 g/mol. The Balaban J connectivity index is 0.000000102. The summed E-state index contributed by atoms with van der Waals surface area (Å²) >= 11 is 0. The number of aryl methyl sites for hydroxylation is 12. The molecule has 0 amide bonds. The van der Waals surface area contributed by atoms with E-state index in [0.29, 0.717) is 5.56 Å². The molecule has 0 N–H and O–H groups in total. The van der Waals surface area contributed by atoms with Gasteiger partial charge in [-0.15, -0.1) is 0 Å². The molecule has 0 atom stereocenters. The van der Waals surface area contributed by atoms with E-state index < -0.39 is 6.85 Å². The second-order valence-electron chi connectivity index (χ2n) is 28.0. The van der Waals surface area contributed by atoms with Gasteiger partial charge in [0, 0.05) is 57.2 Å². The van der Waals surface area contributed by atoms with Crippen LogP contribution < -0.4 is 18.3 Å². The molecule has 100 heavy (non-hydrogen) atoms. The molecule has 4 heteroatoms. The van der Waals surface area contributed by atoms with Crippen LogP contribution in [0.25, 0.3) is 177 Å². The minimum absolute atomic E-state index is 0.403. The van der Waals surface area contributed by atoms with Gasteiger partial charge in [0.1, 0.15) is 28.2 Å². The van der Waals surface area contributed by atoms with Crippen LogP contribution in [-0.4, -0.2) is 0 Å². The zero-order chi connectivity index (χ0) is 71.0. The fourth-order valence-corrected chi connectivity index (χ4v) is 17.0. The summed E-state index contributed by atoms with van der Waals surface area (Å²) in [6.07, 6.45) is 8.23. The average molecular weight is 1290 g/mol. The van der Waals surface area contributed by atoms with E-state index in [1.807, 2.05) is 24.6 Å². The van der Waals surface area contributed by atoms with E-state index >= 15 is 0 Å². The Morgan fingerprint density at radius 3 is 1.14 bits per heavy atom. The van der Waals surface area contributed by atoms with Gasteiger partial charge in [-0.25, -0.2) is 18.3 Å². The maximum atomic E-state index is 7.84. The third kappa shape index (κ3) is 9.78. The topological polar surface area (TPSA) is 15.5 Å². The van der Waals surface area contributed by atoms with E-state index in [1.54, 1.807) is 6.20 Å². The molecule has 0 bridgehead atoms. The molecule has 4 aliphatic rings. The van der Waals surface area contributed by atoms with Crippen molar-refractivity contribution in [3.05, 3.63) is 312 Å². The predicted octanol–water partition coefficient (Wildman–Crippen LogP) is 22.4. The Labute approximate surface area is 591 Å². The van der Waals surface area contributed by atoms with Crippen LogP contribution in [0.4, 0.5) is 0 Å². The van der Waals surface area contributed by atoms with Crippen molar-refractivity contribution in [2.75, 3.05) is 0 Å². The molecule has 16 aromatic rings. The lowest BCUT2D eigenvalue weighted by atomic mass is 9.90. The van der Waals surface area contributed by atoms with Gasteiger partial charge in [0.2, 0.25) is 22.8 Å². The van der Waals surface area contributed by atoms with Crippen molar-refractivity contribution in [1.29, 1.82) is 0 Å². The third-order valence-electron chi connectivity index (χ3n) is 21.9. The summed E-state index contributed by atoms with van der Waals surface area (Å²) in [6.45, 7) is 13.0. The zero-order valence-corrected chi connectivity index (χ0v) is 58.7. The van der Waals surface area contributed by atoms with Crippen molar-refractivity contribution in [1.82, 2.24) is 0 Å². The maximum Gasteiger partial charge on any atom is 0.213 e. The molecule has 20 rings (SSSR count). The van der Waals surface area contributed by atoms with Gasteiger partial charge >= 0.3 is 0 Å². The summed E-state index contributed by atoms with van der Waals surface area (Å²) in [7, 11) is 8.31. The molecule has 12 aromatic carbocycles. The quantitative estimate of drug-likeness (QED) is 0.156. The third-order valence-corrected chi connectivity index (χ3v) is 21.9. The fourth-order valence-electron chi connectivity index (χ4n) is 17.0. The number of hydrogen-bond donors (Lipinski definition) is 0. The molecule has 0 aliphatic heterocycles. The largest absolute Gasteiger partial charge is 0.213 e. The van der Waals surface area contributed by atoms with Crippen molar-refractivity contribution >= 4 is 43.1 Å². The number of aromatic nitrogens is 4. The van der Waals surface area contributed by atoms with Crippen LogP contribution in [0.1, 0.15) is 48.6 Å². The molecule has 4 aliphatic carbocycles. The van der Waals surface area contributed by atoms with Gasteiger partial charge in [-0.2, -0.15) is 0 Å². The Kier molecular flexibility index (Phi) is 14.1. The van der Waals surface area contributed by atoms with Gasteiger partial charge in [0.25, 0.3) is 0 Å². The van der Waals surface area contributed by atoms with Crippen LogP contribution >= 0.6 is 0 Å². The number of nitrogens with zero attached hydrogens (tertiary/aromatic N) is 4. The Morgan fingerprint density at radius 2 is 0.650 bits per heavy atom. The molecular formula is C96H80N4+4. The van der Waals surface area contributed by atoms with Gasteiger partial charge in [0.05, 0.1) is 22.3 Å². The first kappa shape index (κ1) is 58.4. The van der Waals surface area contributed by atoms with Crippen LogP contribution in [0.3, 0.4) is 0 Å². The molecule has 4 nitrogen and oxygen atoms in total. The molecule has 4 aromatic heterocycles. The van der Waals surface area contributed by atoms with Gasteiger partial charge in [-0.1, -0.05) is 176 Å². The Morgan fingerprint density at radius 1 is 0.240 bits per heavy atom. The summed E-state index contributed by atoms with van der Waals surface area (Å²) < 4.78 is 32.1. The van der Waals surface area contributed by atoms with Crippen molar-refractivity contribution in [2.24, 2.45) is 28.2 Å². The van der Waals surface area contributed by atoms with Crippen LogP contribution in [0.2, 0.25) is 0 Å². The lowest BCUT2D eigenvalue weighted by molar-refractivity contribution is -0.660. The highest BCUT2D eigenvalue weighted by molar-refractivity contribution is 6.22. The number of fused-ring (bicyclic) bond motifs is 12. The van der Waals surface area contributed by atoms with Gasteiger partial charge in [-0.05, 0) is 246 Å². The summed E-state index contributed by atoms with van der Waals surface area (Å²) in [5.74, 6) is 0. The van der Waals surface area contributed by atoms with E-state index in [9.17, 15) is 0 Å². The first-order valence-electron chi connectivity index (χ1n) is 36.4. The SMILES string of the molecule is Cc1c(-c2cccc[n+]2C)cc2c3c(cccc13)-c1ccccc1-2.Cc1cc[n+](C)c(-c2cc3c4c(cccc4c2C)-c2ccccc2-3)c1.Cc1ccc(-c2cc3c4c(cccc4c2C)-c2ccccc2-3)[n+](C)c1.[2H]C([2H])([2H])c1c[n+](C)c(-c2c(C)cc3cccc4c3c2-c2ccccc2-4)cc1C. The minimum Gasteiger partial charge on any atom is -0.201 e. The van der Waals surface area contributed by atoms with E-state index in [0.717, 1.165) is 11.3 Å². The maximum absolute atomic E-state index is 7.84. The fraction of sp³-hybridized carbons (Fsp3) is 0.125. The van der Waals surface area contributed by atoms with Crippen molar-refractivity contribution in [3.63, 3.8) is 0 Å². The van der Waals surface area contributed by atoms with Crippen molar-refractivity contribution in [3.8, 4) is 134 Å². The van der Waals surface area contributed by atoms with Crippen LogP contribution in [0.15, 0.2) is 267 Å². The molecule has 0 radical (unpaired) electrons. The molecule has 4 heterocycles. The van der Waals surface area contributed by atoms with Gasteiger partial charge in [0.15, 0.2) is 24.8 Å². The molecule has 0 saturated heterocycles. The summed E-state index contributed by atoms with van der Waals surface area (Å²) in [4.78, 5) is 0. The molecule has 0 unspecified atom stereocenters. The van der Waals surface area contributed by atoms with Gasteiger partial charge in [-0.3, -0.25) is 0 Å². The summed E-state index contributed by atoms with van der Waals surface area (Å²) in [5, 5.41) is 10.8. The zero-order valence-electron chi connectivity index (χ0n) is 61.7. The molecule has 0 fully saturated rings. The number of rotatable bonds is 4. The minimum atomic E-state index is -2.12. The average Bonchev–Trinajstić information content (AvgIpc) is 1.60. The predicted molar refractivity (Wildman–Crippen MR) is 418 cm³/mol. The first-order valence-corrected chi connectivity index (χ1v) is 34.9. The number of hydrogen-bond acceptors (Lipinski definition) is 0. The lowest BCUT2D eigenvalue weighted by Gasteiger charge is -2.13. The van der Waals surface area contributed by atoms with Crippen LogP contribution in [0, 0.1) is 55.3 Å². The summed E-state index contributed by atoms with van der Waals surface area (Å²) in [6, 6.07) is 88.1. The van der Waals surface area contributed by atoms with Crippen molar-refractivity contribution < 1.29 is 22.4 Å². The summed E-state index contributed by atoms with van der Waals surface area (Å²) in [5.41, 5.74) is 40.3. The van der Waals surface area contributed by atoms with Crippen LogP contribution in [0.5, 0.6) is 0 Å². The smallest absolute Gasteiger partial charge is 0.201 e. The van der Waals surface area contributed by atoms with Crippen LogP contribution in [-0.2, 0) is 28.2 Å². The molecule has 480 valence electrons. The van der Waals surface area contributed by atoms with Gasteiger partial charge < -0.3 is 0 Å². The second-order valence-corrected chi connectivity index (χ2v) is 28.0. The second kappa shape index (κ2) is 24.1. The van der Waals surface area contributed by atoms with E-state index in [4.69, 9.17) is 4.11 Å². The van der Waals surface area contributed by atoms with E-state index in [1.165, 1.54) is 205 Å². The highest BCUT2D eigenvalue weighted by Gasteiger charge is 2.32. The van der Waals surface area contributed by atoms with Crippen molar-refractivity contribution in [2.45, 2.75) is 55.3 Å². The molecule has 0 saturated carbocycles. The number of pyridine rings is 4.